The number of nitrogens with zero attached hydrogens (tertiary/aromatic N) is 3. The standard InChI is InChI=1S/C29H43N3O2.C28H36FN3O2S/c1-32(2)29(24-6-4-3-5-7-24)12-10-25(11-13-29)31-27(34)9-8-26(33)30-20-28-17-21-14-22(18-28)16-23(15-21)19-28;1-31(2)28(25-5-4-20-35-25)16-12-24(13-17-28)30-26(33)6-3-7-27(34)32-18-14-22(15-19-32)21-8-10-23(29)11-9-21/h3-7,21-23,25H,8-20H2,1-2H3,(H,30,33)(H,31,34);4-5,8-11,14,20,24H,3,6-7,12-13,15-19H2,1-2H3,(H,30,33). The van der Waals surface area contributed by atoms with Gasteiger partial charge in [-0.1, -0.05) is 54.6 Å². The molecule has 7 aliphatic rings. The smallest absolute Gasteiger partial charge is 0.222 e. The highest BCUT2D eigenvalue weighted by atomic mass is 32.1. The van der Waals surface area contributed by atoms with Crippen molar-refractivity contribution in [1.29, 1.82) is 0 Å². The van der Waals surface area contributed by atoms with Crippen LogP contribution >= 0.6 is 11.3 Å². The Balaban J connectivity index is 0.000000186. The summed E-state index contributed by atoms with van der Waals surface area (Å²) in [5.41, 5.74) is 3.99. The molecule has 0 atom stereocenters. The van der Waals surface area contributed by atoms with Gasteiger partial charge in [-0.2, -0.15) is 0 Å². The number of benzene rings is 2. The number of hydrogen-bond acceptors (Lipinski definition) is 7. The lowest BCUT2D eigenvalue weighted by Crippen LogP contribution is -2.51. The van der Waals surface area contributed by atoms with Gasteiger partial charge in [0.15, 0.2) is 0 Å². The van der Waals surface area contributed by atoms with Crippen LogP contribution in [0.1, 0.15) is 144 Å². The summed E-state index contributed by atoms with van der Waals surface area (Å²) in [4.78, 5) is 58.2. The molecule has 69 heavy (non-hydrogen) atoms. The molecule has 2 aromatic carbocycles. The highest BCUT2D eigenvalue weighted by Gasteiger charge is 2.51. The fourth-order valence-electron chi connectivity index (χ4n) is 13.8. The van der Waals surface area contributed by atoms with Crippen LogP contribution < -0.4 is 16.0 Å². The first-order chi connectivity index (χ1) is 33.2. The SMILES string of the molecule is CN(C)C1(c2ccccc2)CCC(NC(=O)CCC(=O)NCC23CC4CC(CC(C4)C2)C3)CC1.CN(C)C1(c2cccs2)CCC(NC(=O)CCCC(=O)N2CC=C(c3ccc(F)cc3)CC2)CC1. The third-order valence-electron chi connectivity index (χ3n) is 17.3. The van der Waals surface area contributed by atoms with E-state index in [9.17, 15) is 23.6 Å². The number of carbonyl (C=O) groups is 4. The topological polar surface area (TPSA) is 114 Å². The minimum atomic E-state index is -0.241. The minimum Gasteiger partial charge on any atom is -0.356 e. The number of carbonyl (C=O) groups excluding carboxylic acids is 4. The van der Waals surface area contributed by atoms with Gasteiger partial charge >= 0.3 is 0 Å². The number of rotatable bonds is 16. The fraction of sp³-hybridized carbons (Fsp3) is 0.614. The number of thiophene rings is 1. The Hall–Kier alpha value is -4.39. The second-order valence-electron chi connectivity index (χ2n) is 22.3. The monoisotopic (exact) mass is 963 g/mol. The molecule has 6 fully saturated rings. The Morgan fingerprint density at radius 1 is 0.681 bits per heavy atom. The van der Waals surface area contributed by atoms with Crippen molar-refractivity contribution < 1.29 is 23.6 Å². The molecule has 3 N–H and O–H groups in total. The van der Waals surface area contributed by atoms with Gasteiger partial charge < -0.3 is 20.9 Å². The molecule has 0 saturated heterocycles. The van der Waals surface area contributed by atoms with Gasteiger partial charge in [0.1, 0.15) is 5.82 Å². The van der Waals surface area contributed by atoms with Gasteiger partial charge in [-0.25, -0.2) is 4.39 Å². The first-order valence-corrected chi connectivity index (χ1v) is 27.1. The van der Waals surface area contributed by atoms with Crippen molar-refractivity contribution in [2.24, 2.45) is 23.2 Å². The first-order valence-electron chi connectivity index (χ1n) is 26.3. The summed E-state index contributed by atoms with van der Waals surface area (Å²) < 4.78 is 13.1. The summed E-state index contributed by atoms with van der Waals surface area (Å²) >= 11 is 1.81. The van der Waals surface area contributed by atoms with E-state index >= 15 is 0 Å². The van der Waals surface area contributed by atoms with Crippen molar-refractivity contribution in [3.8, 4) is 0 Å². The highest BCUT2D eigenvalue weighted by molar-refractivity contribution is 7.10. The average molecular weight is 963 g/mol. The molecule has 4 amide bonds. The summed E-state index contributed by atoms with van der Waals surface area (Å²) in [5, 5.41) is 11.8. The van der Waals surface area contributed by atoms with Crippen molar-refractivity contribution in [3.63, 3.8) is 0 Å². The van der Waals surface area contributed by atoms with Crippen LogP contribution in [0.4, 0.5) is 4.39 Å². The van der Waals surface area contributed by atoms with E-state index in [1.807, 2.05) is 22.3 Å². The molecule has 374 valence electrons. The average Bonchev–Trinajstić information content (AvgIpc) is 3.90. The highest BCUT2D eigenvalue weighted by Crippen LogP contribution is 2.59. The maximum Gasteiger partial charge on any atom is 0.222 e. The van der Waals surface area contributed by atoms with E-state index < -0.39 is 0 Å². The molecule has 0 radical (unpaired) electrons. The van der Waals surface area contributed by atoms with Crippen LogP contribution in [0.15, 0.2) is 78.2 Å². The fourth-order valence-corrected chi connectivity index (χ4v) is 14.8. The largest absolute Gasteiger partial charge is 0.356 e. The number of amides is 4. The van der Waals surface area contributed by atoms with Crippen molar-refractivity contribution in [2.75, 3.05) is 47.8 Å². The maximum absolute atomic E-state index is 13.1. The zero-order chi connectivity index (χ0) is 48.6. The zero-order valence-electron chi connectivity index (χ0n) is 41.9. The maximum atomic E-state index is 13.1. The lowest BCUT2D eigenvalue weighted by molar-refractivity contribution is -0.131. The molecular formula is C57H79FN6O4S. The molecule has 2 heterocycles. The molecule has 12 heteroatoms. The molecule has 1 aliphatic heterocycles. The summed E-state index contributed by atoms with van der Waals surface area (Å²) in [6.45, 7) is 2.05. The molecule has 10 rings (SSSR count). The van der Waals surface area contributed by atoms with Gasteiger partial charge in [-0.15, -0.1) is 11.3 Å². The van der Waals surface area contributed by atoms with E-state index in [-0.39, 0.29) is 52.6 Å². The van der Waals surface area contributed by atoms with E-state index in [1.165, 1.54) is 61.1 Å². The number of halogens is 1. The van der Waals surface area contributed by atoms with Gasteiger partial charge in [0, 0.05) is 67.8 Å². The molecule has 4 bridgehead atoms. The van der Waals surface area contributed by atoms with E-state index in [2.05, 4.69) is 102 Å². The Bertz CT molecular complexity index is 2180. The molecule has 10 nitrogen and oxygen atoms in total. The van der Waals surface area contributed by atoms with Crippen molar-refractivity contribution in [1.82, 2.24) is 30.7 Å². The molecule has 0 spiro atoms. The van der Waals surface area contributed by atoms with Crippen molar-refractivity contribution in [3.05, 3.63) is 100 Å². The van der Waals surface area contributed by atoms with Crippen LogP contribution in [0.25, 0.3) is 5.57 Å². The van der Waals surface area contributed by atoms with E-state index in [0.717, 1.165) is 93.2 Å². The Kier molecular flexibility index (Phi) is 16.8. The molecule has 6 saturated carbocycles. The van der Waals surface area contributed by atoms with Crippen LogP contribution in [-0.2, 0) is 30.3 Å². The summed E-state index contributed by atoms with van der Waals surface area (Å²) in [7, 11) is 8.62. The zero-order valence-corrected chi connectivity index (χ0v) is 42.7. The lowest BCUT2D eigenvalue weighted by Gasteiger charge is -2.56. The third kappa shape index (κ3) is 12.6. The van der Waals surface area contributed by atoms with E-state index in [1.54, 1.807) is 12.1 Å². The predicted molar refractivity (Wildman–Crippen MR) is 275 cm³/mol. The minimum absolute atomic E-state index is 0.0204. The second-order valence-corrected chi connectivity index (χ2v) is 23.2. The first kappa shape index (κ1) is 51.0. The number of nitrogens with one attached hydrogen (secondary N) is 3. The van der Waals surface area contributed by atoms with Crippen LogP contribution in [0, 0.1) is 29.0 Å². The van der Waals surface area contributed by atoms with E-state index in [0.29, 0.717) is 50.6 Å². The van der Waals surface area contributed by atoms with E-state index in [4.69, 9.17) is 0 Å². The van der Waals surface area contributed by atoms with Crippen LogP contribution in [-0.4, -0.2) is 98.2 Å². The normalized spacial score (nSPS) is 29.5. The molecular weight excluding hydrogens is 884 g/mol. The summed E-state index contributed by atoms with van der Waals surface area (Å²) in [5.74, 6) is 2.67. The Morgan fingerprint density at radius 2 is 1.25 bits per heavy atom. The van der Waals surface area contributed by atoms with Crippen LogP contribution in [0.3, 0.4) is 0 Å². The molecule has 3 aromatic rings. The van der Waals surface area contributed by atoms with Gasteiger partial charge in [0.2, 0.25) is 23.6 Å². The van der Waals surface area contributed by atoms with Crippen molar-refractivity contribution in [2.45, 2.75) is 152 Å². The summed E-state index contributed by atoms with van der Waals surface area (Å²) in [6.07, 6.45) is 20.9. The molecule has 6 aliphatic carbocycles. The van der Waals surface area contributed by atoms with Gasteiger partial charge in [0.25, 0.3) is 0 Å². The Labute approximate surface area is 415 Å². The van der Waals surface area contributed by atoms with Crippen LogP contribution in [0.5, 0.6) is 0 Å². The van der Waals surface area contributed by atoms with Gasteiger partial charge in [-0.3, -0.25) is 29.0 Å². The number of hydrogen-bond donors (Lipinski definition) is 3. The van der Waals surface area contributed by atoms with Crippen LogP contribution in [0.2, 0.25) is 0 Å². The molecule has 0 unspecified atom stereocenters. The lowest BCUT2D eigenvalue weighted by atomic mass is 9.49. The Morgan fingerprint density at radius 3 is 1.78 bits per heavy atom. The quantitative estimate of drug-likeness (QED) is 0.132. The molecule has 1 aromatic heterocycles. The predicted octanol–water partition coefficient (Wildman–Crippen LogP) is 9.80. The van der Waals surface area contributed by atoms with Gasteiger partial charge in [-0.05, 0) is 194 Å². The van der Waals surface area contributed by atoms with Gasteiger partial charge in [0.05, 0.1) is 5.54 Å². The summed E-state index contributed by atoms with van der Waals surface area (Å²) in [6, 6.07) is 22.0. The third-order valence-corrected chi connectivity index (χ3v) is 18.4. The van der Waals surface area contributed by atoms with Crippen molar-refractivity contribution >= 4 is 40.5 Å². The second kappa shape index (κ2) is 22.8.